The zero-order valence-corrected chi connectivity index (χ0v) is 14.0. The highest BCUT2D eigenvalue weighted by atomic mass is 16.7. The second-order valence-corrected chi connectivity index (χ2v) is 6.12. The topological polar surface area (TPSA) is 101 Å². The Morgan fingerprint density at radius 1 is 1.16 bits per heavy atom. The standard InChI is InChI=1S/C17H19NO7/c1-9-4-3-5-18-14(9)17(21)25-12-8-23-15-11(7-22-16(12)15)24-13(20)6-10(2)19/h3-5,11-12,15-16H,6-8H2,1-2H3/t11-,12+,15+,16+/m0/s1. The third kappa shape index (κ3) is 3.85. The van der Waals surface area contributed by atoms with Gasteiger partial charge < -0.3 is 18.9 Å². The Morgan fingerprint density at radius 3 is 2.40 bits per heavy atom. The van der Waals surface area contributed by atoms with Gasteiger partial charge in [0.15, 0.2) is 17.9 Å². The van der Waals surface area contributed by atoms with Crippen molar-refractivity contribution in [2.45, 2.75) is 44.7 Å². The monoisotopic (exact) mass is 349 g/mol. The maximum Gasteiger partial charge on any atom is 0.357 e. The number of esters is 2. The molecule has 0 radical (unpaired) electrons. The molecule has 0 aromatic carbocycles. The van der Waals surface area contributed by atoms with Crippen molar-refractivity contribution >= 4 is 17.7 Å². The molecule has 0 amide bonds. The maximum absolute atomic E-state index is 12.3. The van der Waals surface area contributed by atoms with Crippen molar-refractivity contribution in [3.63, 3.8) is 0 Å². The van der Waals surface area contributed by atoms with Crippen molar-refractivity contribution in [1.82, 2.24) is 4.98 Å². The van der Waals surface area contributed by atoms with Crippen LogP contribution in [-0.2, 0) is 28.5 Å². The van der Waals surface area contributed by atoms with E-state index >= 15 is 0 Å². The van der Waals surface area contributed by atoms with E-state index in [0.29, 0.717) is 5.56 Å². The lowest BCUT2D eigenvalue weighted by Crippen LogP contribution is -2.36. The van der Waals surface area contributed by atoms with Gasteiger partial charge in [0.2, 0.25) is 0 Å². The van der Waals surface area contributed by atoms with Crippen molar-refractivity contribution in [2.24, 2.45) is 0 Å². The van der Waals surface area contributed by atoms with Crippen LogP contribution < -0.4 is 0 Å². The Hall–Kier alpha value is -2.32. The maximum atomic E-state index is 12.3. The van der Waals surface area contributed by atoms with Gasteiger partial charge in [0.1, 0.15) is 24.4 Å². The molecule has 134 valence electrons. The number of rotatable bonds is 5. The average molecular weight is 349 g/mol. The van der Waals surface area contributed by atoms with E-state index in [1.165, 1.54) is 13.1 Å². The lowest BCUT2D eigenvalue weighted by Gasteiger charge is -2.17. The van der Waals surface area contributed by atoms with E-state index in [9.17, 15) is 14.4 Å². The van der Waals surface area contributed by atoms with E-state index in [2.05, 4.69) is 4.98 Å². The van der Waals surface area contributed by atoms with E-state index in [4.69, 9.17) is 18.9 Å². The molecule has 2 fully saturated rings. The highest BCUT2D eigenvalue weighted by Crippen LogP contribution is 2.31. The van der Waals surface area contributed by atoms with Gasteiger partial charge in [0.25, 0.3) is 0 Å². The van der Waals surface area contributed by atoms with Crippen LogP contribution in [-0.4, -0.2) is 60.3 Å². The third-order valence-electron chi connectivity index (χ3n) is 4.10. The Morgan fingerprint density at radius 2 is 1.80 bits per heavy atom. The number of carbonyl (C=O) groups is 3. The van der Waals surface area contributed by atoms with Crippen LogP contribution in [0.15, 0.2) is 18.3 Å². The molecule has 0 spiro atoms. The molecule has 8 nitrogen and oxygen atoms in total. The molecule has 2 saturated heterocycles. The number of Topliss-reactive ketones (excluding diaryl/α,β-unsaturated/α-hetero) is 1. The number of fused-ring (bicyclic) bond motifs is 1. The number of hydrogen-bond acceptors (Lipinski definition) is 8. The third-order valence-corrected chi connectivity index (χ3v) is 4.10. The second kappa shape index (κ2) is 7.28. The summed E-state index contributed by atoms with van der Waals surface area (Å²) in [6.07, 6.45) is -1.01. The number of nitrogens with zero attached hydrogens (tertiary/aromatic N) is 1. The van der Waals surface area contributed by atoms with Crippen LogP contribution in [0.1, 0.15) is 29.4 Å². The first kappa shape index (κ1) is 17.5. The van der Waals surface area contributed by atoms with Crippen molar-refractivity contribution in [1.29, 1.82) is 0 Å². The van der Waals surface area contributed by atoms with Gasteiger partial charge in [-0.25, -0.2) is 9.78 Å². The first-order valence-electron chi connectivity index (χ1n) is 8.00. The number of hydrogen-bond donors (Lipinski definition) is 0. The Labute approximate surface area is 144 Å². The van der Waals surface area contributed by atoms with Crippen LogP contribution in [0.25, 0.3) is 0 Å². The summed E-state index contributed by atoms with van der Waals surface area (Å²) < 4.78 is 21.9. The van der Waals surface area contributed by atoms with Gasteiger partial charge in [-0.1, -0.05) is 6.07 Å². The van der Waals surface area contributed by atoms with Crippen molar-refractivity contribution < 1.29 is 33.3 Å². The summed E-state index contributed by atoms with van der Waals surface area (Å²) in [5, 5.41) is 0. The summed E-state index contributed by atoms with van der Waals surface area (Å²) in [4.78, 5) is 38.9. The second-order valence-electron chi connectivity index (χ2n) is 6.12. The summed E-state index contributed by atoms with van der Waals surface area (Å²) in [7, 11) is 0. The number of ether oxygens (including phenoxy) is 4. The molecule has 3 rings (SSSR count). The molecule has 2 aliphatic rings. The van der Waals surface area contributed by atoms with Crippen molar-refractivity contribution in [3.8, 4) is 0 Å². The fourth-order valence-corrected chi connectivity index (χ4v) is 2.94. The molecule has 8 heteroatoms. The molecular weight excluding hydrogens is 330 g/mol. The van der Waals surface area contributed by atoms with Crippen LogP contribution in [0.2, 0.25) is 0 Å². The van der Waals surface area contributed by atoms with Crippen LogP contribution in [0.5, 0.6) is 0 Å². The molecular formula is C17H19NO7. The Bertz CT molecular complexity index is 689. The minimum atomic E-state index is -0.616. The quantitative estimate of drug-likeness (QED) is 0.563. The number of ketones is 1. The average Bonchev–Trinajstić information content (AvgIpc) is 3.11. The van der Waals surface area contributed by atoms with Gasteiger partial charge in [0, 0.05) is 6.20 Å². The van der Waals surface area contributed by atoms with Crippen LogP contribution >= 0.6 is 0 Å². The van der Waals surface area contributed by atoms with Gasteiger partial charge in [-0.05, 0) is 25.5 Å². The normalized spacial score (nSPS) is 27.6. The Kier molecular flexibility index (Phi) is 5.10. The number of carbonyl (C=O) groups excluding carboxylic acids is 3. The smallest absolute Gasteiger partial charge is 0.357 e. The number of pyridine rings is 1. The number of aryl methyl sites for hydroxylation is 1. The molecule has 0 unspecified atom stereocenters. The van der Waals surface area contributed by atoms with E-state index in [-0.39, 0.29) is 31.1 Å². The minimum Gasteiger partial charge on any atom is -0.457 e. The zero-order valence-electron chi connectivity index (χ0n) is 14.0. The zero-order chi connectivity index (χ0) is 18.0. The summed E-state index contributed by atoms with van der Waals surface area (Å²) in [6, 6.07) is 3.51. The molecule has 0 bridgehead atoms. The SMILES string of the molecule is CC(=O)CC(=O)O[C@H]1CO[C@H]2[C@@H]1OC[C@H]2OC(=O)c1ncccc1C. The van der Waals surface area contributed by atoms with Gasteiger partial charge in [-0.15, -0.1) is 0 Å². The van der Waals surface area contributed by atoms with Crippen LogP contribution in [0, 0.1) is 6.92 Å². The van der Waals surface area contributed by atoms with E-state index in [1.807, 2.05) is 0 Å². The van der Waals surface area contributed by atoms with E-state index in [1.54, 1.807) is 19.1 Å². The highest BCUT2D eigenvalue weighted by molar-refractivity contribution is 5.94. The molecule has 2 aliphatic heterocycles. The summed E-state index contributed by atoms with van der Waals surface area (Å²) in [6.45, 7) is 3.37. The predicted octanol–water partition coefficient (Wildman–Crippen LogP) is 0.604. The first-order chi connectivity index (χ1) is 12.0. The summed E-state index contributed by atoms with van der Waals surface area (Å²) >= 11 is 0. The predicted molar refractivity (Wildman–Crippen MR) is 82.8 cm³/mol. The van der Waals surface area contributed by atoms with E-state index in [0.717, 1.165) is 0 Å². The molecule has 0 saturated carbocycles. The fraction of sp³-hybridized carbons (Fsp3) is 0.529. The fourth-order valence-electron chi connectivity index (χ4n) is 2.94. The van der Waals surface area contributed by atoms with Crippen LogP contribution in [0.4, 0.5) is 0 Å². The molecule has 4 atom stereocenters. The molecule has 25 heavy (non-hydrogen) atoms. The van der Waals surface area contributed by atoms with E-state index < -0.39 is 36.4 Å². The lowest BCUT2D eigenvalue weighted by molar-refractivity contribution is -0.155. The lowest BCUT2D eigenvalue weighted by atomic mass is 10.1. The Balaban J connectivity index is 1.59. The van der Waals surface area contributed by atoms with Gasteiger partial charge in [0.05, 0.1) is 13.2 Å². The number of aromatic nitrogens is 1. The summed E-state index contributed by atoms with van der Waals surface area (Å²) in [5.74, 6) is -1.44. The molecule has 0 aliphatic carbocycles. The summed E-state index contributed by atoms with van der Waals surface area (Å²) in [5.41, 5.74) is 0.958. The molecule has 1 aromatic heterocycles. The van der Waals surface area contributed by atoms with Gasteiger partial charge >= 0.3 is 11.9 Å². The minimum absolute atomic E-state index is 0.135. The van der Waals surface area contributed by atoms with Gasteiger partial charge in [-0.2, -0.15) is 0 Å². The van der Waals surface area contributed by atoms with Gasteiger partial charge in [-0.3, -0.25) is 9.59 Å². The molecule has 3 heterocycles. The highest BCUT2D eigenvalue weighted by Gasteiger charge is 2.51. The van der Waals surface area contributed by atoms with Crippen LogP contribution in [0.3, 0.4) is 0 Å². The van der Waals surface area contributed by atoms with Crippen molar-refractivity contribution in [2.75, 3.05) is 13.2 Å². The molecule has 0 N–H and O–H groups in total. The first-order valence-corrected chi connectivity index (χ1v) is 8.00. The van der Waals surface area contributed by atoms with Crippen molar-refractivity contribution in [3.05, 3.63) is 29.6 Å². The molecule has 1 aromatic rings. The largest absolute Gasteiger partial charge is 0.457 e.